The Morgan fingerprint density at radius 2 is 1.81 bits per heavy atom. The first-order valence-corrected chi connectivity index (χ1v) is 9.79. The summed E-state index contributed by atoms with van der Waals surface area (Å²) >= 11 is 0. The van der Waals surface area contributed by atoms with Gasteiger partial charge in [-0.25, -0.2) is 4.79 Å². The van der Waals surface area contributed by atoms with Gasteiger partial charge in [-0.05, 0) is 56.7 Å². The van der Waals surface area contributed by atoms with E-state index in [1.807, 2.05) is 48.5 Å². The van der Waals surface area contributed by atoms with Gasteiger partial charge in [0.2, 0.25) is 0 Å². The van der Waals surface area contributed by atoms with Gasteiger partial charge in [0.05, 0.1) is 6.04 Å². The Balaban J connectivity index is 1.56. The molecule has 3 rings (SSSR count). The van der Waals surface area contributed by atoms with Crippen LogP contribution in [0.5, 0.6) is 0 Å². The standard InChI is InChI=1S/C23H30N2O2/c1-23(2)15-19(16-24-23)13-14-21(20-11-7-4-8-12-20)25-22(26)27-17-18-9-5-3-6-10-18/h3-12,19,21,24H,13-17H2,1-2H3,(H,25,26). The molecule has 0 bridgehead atoms. The molecule has 1 aliphatic heterocycles. The topological polar surface area (TPSA) is 50.4 Å². The van der Waals surface area contributed by atoms with Crippen LogP contribution in [-0.4, -0.2) is 18.2 Å². The fourth-order valence-corrected chi connectivity index (χ4v) is 3.81. The molecular weight excluding hydrogens is 336 g/mol. The molecule has 0 radical (unpaired) electrons. The van der Waals surface area contributed by atoms with E-state index in [0.717, 1.165) is 30.5 Å². The number of rotatable bonds is 7. The third-order valence-electron chi connectivity index (χ3n) is 5.24. The lowest BCUT2D eigenvalue weighted by molar-refractivity contribution is 0.134. The third kappa shape index (κ3) is 6.10. The van der Waals surface area contributed by atoms with E-state index in [2.05, 4.69) is 36.6 Å². The third-order valence-corrected chi connectivity index (χ3v) is 5.24. The summed E-state index contributed by atoms with van der Waals surface area (Å²) in [6.45, 7) is 5.84. The van der Waals surface area contributed by atoms with E-state index in [1.165, 1.54) is 6.42 Å². The van der Waals surface area contributed by atoms with Crippen LogP contribution < -0.4 is 10.6 Å². The molecule has 0 spiro atoms. The minimum absolute atomic E-state index is 0.0295. The molecule has 4 heteroatoms. The SMILES string of the molecule is CC1(C)CC(CCC(NC(=O)OCc2ccccc2)c2ccccc2)CN1. The van der Waals surface area contributed by atoms with Crippen molar-refractivity contribution in [2.75, 3.05) is 6.54 Å². The minimum Gasteiger partial charge on any atom is -0.445 e. The highest BCUT2D eigenvalue weighted by Gasteiger charge is 2.30. The molecule has 2 atom stereocenters. The van der Waals surface area contributed by atoms with E-state index in [-0.39, 0.29) is 24.3 Å². The van der Waals surface area contributed by atoms with Crippen LogP contribution in [0.25, 0.3) is 0 Å². The summed E-state index contributed by atoms with van der Waals surface area (Å²) in [6, 6.07) is 19.9. The van der Waals surface area contributed by atoms with Gasteiger partial charge >= 0.3 is 6.09 Å². The maximum absolute atomic E-state index is 12.4. The zero-order chi connectivity index (χ0) is 19.1. The van der Waals surface area contributed by atoms with Crippen LogP contribution in [0.2, 0.25) is 0 Å². The van der Waals surface area contributed by atoms with Crippen LogP contribution >= 0.6 is 0 Å². The maximum atomic E-state index is 12.4. The van der Waals surface area contributed by atoms with Gasteiger partial charge in [-0.1, -0.05) is 60.7 Å². The minimum atomic E-state index is -0.363. The lowest BCUT2D eigenvalue weighted by atomic mass is 9.91. The van der Waals surface area contributed by atoms with Crippen molar-refractivity contribution in [2.24, 2.45) is 5.92 Å². The van der Waals surface area contributed by atoms with Crippen molar-refractivity contribution in [3.63, 3.8) is 0 Å². The summed E-state index contributed by atoms with van der Waals surface area (Å²) in [6.07, 6.45) is 2.80. The molecule has 1 fully saturated rings. The predicted molar refractivity (Wildman–Crippen MR) is 108 cm³/mol. The summed E-state index contributed by atoms with van der Waals surface area (Å²) in [5.41, 5.74) is 2.33. The number of hydrogen-bond acceptors (Lipinski definition) is 3. The van der Waals surface area contributed by atoms with Gasteiger partial charge in [-0.15, -0.1) is 0 Å². The van der Waals surface area contributed by atoms with Gasteiger partial charge in [-0.3, -0.25) is 0 Å². The average Bonchev–Trinajstić information content (AvgIpc) is 3.04. The summed E-state index contributed by atoms with van der Waals surface area (Å²) in [7, 11) is 0. The molecule has 27 heavy (non-hydrogen) atoms. The summed E-state index contributed by atoms with van der Waals surface area (Å²) in [4.78, 5) is 12.4. The molecule has 0 aromatic heterocycles. The molecule has 2 N–H and O–H groups in total. The van der Waals surface area contributed by atoms with E-state index in [1.54, 1.807) is 0 Å². The van der Waals surface area contributed by atoms with Crippen LogP contribution in [0, 0.1) is 5.92 Å². The van der Waals surface area contributed by atoms with Gasteiger partial charge in [0.1, 0.15) is 6.61 Å². The smallest absolute Gasteiger partial charge is 0.407 e. The molecule has 2 unspecified atom stereocenters. The zero-order valence-electron chi connectivity index (χ0n) is 16.3. The average molecular weight is 367 g/mol. The lowest BCUT2D eigenvalue weighted by Gasteiger charge is -2.21. The summed E-state index contributed by atoms with van der Waals surface area (Å²) in [5, 5.41) is 6.64. The van der Waals surface area contributed by atoms with Crippen molar-refractivity contribution < 1.29 is 9.53 Å². The van der Waals surface area contributed by atoms with Gasteiger partial charge in [0.25, 0.3) is 0 Å². The Morgan fingerprint density at radius 1 is 1.15 bits per heavy atom. The molecule has 4 nitrogen and oxygen atoms in total. The molecule has 144 valence electrons. The summed E-state index contributed by atoms with van der Waals surface area (Å²) in [5.74, 6) is 0.647. The number of hydrogen-bond donors (Lipinski definition) is 2. The van der Waals surface area contributed by atoms with Crippen molar-refractivity contribution in [1.82, 2.24) is 10.6 Å². The van der Waals surface area contributed by atoms with Crippen LogP contribution in [0.1, 0.15) is 50.3 Å². The fraction of sp³-hybridized carbons (Fsp3) is 0.435. The number of alkyl carbamates (subject to hydrolysis) is 1. The summed E-state index contributed by atoms with van der Waals surface area (Å²) < 4.78 is 5.42. The predicted octanol–water partition coefficient (Wildman–Crippen LogP) is 4.82. The molecule has 2 aromatic carbocycles. The van der Waals surface area contributed by atoms with Crippen LogP contribution in [0.3, 0.4) is 0 Å². The molecule has 1 aliphatic rings. The molecule has 2 aromatic rings. The Bertz CT molecular complexity index is 716. The Labute approximate surface area is 162 Å². The zero-order valence-corrected chi connectivity index (χ0v) is 16.3. The van der Waals surface area contributed by atoms with E-state index in [0.29, 0.717) is 5.92 Å². The molecule has 0 saturated carbocycles. The first-order chi connectivity index (χ1) is 13.0. The number of benzene rings is 2. The van der Waals surface area contributed by atoms with E-state index < -0.39 is 0 Å². The maximum Gasteiger partial charge on any atom is 0.407 e. The van der Waals surface area contributed by atoms with Gasteiger partial charge in [0, 0.05) is 5.54 Å². The molecular formula is C23H30N2O2. The molecule has 1 amide bonds. The number of amides is 1. The first-order valence-electron chi connectivity index (χ1n) is 9.79. The Morgan fingerprint density at radius 3 is 2.44 bits per heavy atom. The van der Waals surface area contributed by atoms with Crippen LogP contribution in [0.4, 0.5) is 4.79 Å². The van der Waals surface area contributed by atoms with Crippen molar-refractivity contribution in [3.05, 3.63) is 71.8 Å². The van der Waals surface area contributed by atoms with Gasteiger partial charge < -0.3 is 15.4 Å². The number of carbonyl (C=O) groups excluding carboxylic acids is 1. The van der Waals surface area contributed by atoms with E-state index >= 15 is 0 Å². The van der Waals surface area contributed by atoms with Crippen molar-refractivity contribution >= 4 is 6.09 Å². The quantitative estimate of drug-likeness (QED) is 0.738. The fourth-order valence-electron chi connectivity index (χ4n) is 3.81. The first kappa shape index (κ1) is 19.4. The Kier molecular flexibility index (Phi) is 6.51. The molecule has 1 saturated heterocycles. The second-order valence-electron chi connectivity index (χ2n) is 8.08. The monoisotopic (exact) mass is 366 g/mol. The number of nitrogens with one attached hydrogen (secondary N) is 2. The van der Waals surface area contributed by atoms with E-state index in [4.69, 9.17) is 4.74 Å². The van der Waals surface area contributed by atoms with Crippen molar-refractivity contribution in [3.8, 4) is 0 Å². The van der Waals surface area contributed by atoms with Crippen molar-refractivity contribution in [1.29, 1.82) is 0 Å². The Hall–Kier alpha value is -2.33. The highest BCUT2D eigenvalue weighted by Crippen LogP contribution is 2.29. The van der Waals surface area contributed by atoms with Crippen LogP contribution in [-0.2, 0) is 11.3 Å². The molecule has 0 aliphatic carbocycles. The van der Waals surface area contributed by atoms with Gasteiger partial charge in [0.15, 0.2) is 0 Å². The normalized spacial score (nSPS) is 19.4. The highest BCUT2D eigenvalue weighted by atomic mass is 16.5. The van der Waals surface area contributed by atoms with Crippen molar-refractivity contribution in [2.45, 2.75) is 51.3 Å². The highest BCUT2D eigenvalue weighted by molar-refractivity contribution is 5.68. The second kappa shape index (κ2) is 9.05. The van der Waals surface area contributed by atoms with E-state index in [9.17, 15) is 4.79 Å². The molecule has 1 heterocycles. The number of ether oxygens (including phenoxy) is 1. The number of carbonyl (C=O) groups is 1. The largest absolute Gasteiger partial charge is 0.445 e. The second-order valence-corrected chi connectivity index (χ2v) is 8.08. The lowest BCUT2D eigenvalue weighted by Crippen LogP contribution is -2.31. The van der Waals surface area contributed by atoms with Crippen LogP contribution in [0.15, 0.2) is 60.7 Å². The van der Waals surface area contributed by atoms with Gasteiger partial charge in [-0.2, -0.15) is 0 Å².